The quantitative estimate of drug-likeness (QED) is 0.856. The number of hydrogen-bond donors (Lipinski definition) is 1. The van der Waals surface area contributed by atoms with E-state index in [2.05, 4.69) is 29.3 Å². The highest BCUT2D eigenvalue weighted by Gasteiger charge is 2.30. The Labute approximate surface area is 172 Å². The van der Waals surface area contributed by atoms with Crippen LogP contribution in [-0.2, 0) is 9.47 Å². The molecule has 2 aromatic rings. The van der Waals surface area contributed by atoms with E-state index in [-0.39, 0.29) is 24.3 Å². The first-order valence-corrected chi connectivity index (χ1v) is 10.3. The Hall–Kier alpha value is -2.57. The Bertz CT molecular complexity index is 812. The molecule has 6 heteroatoms. The van der Waals surface area contributed by atoms with Crippen LogP contribution in [0.2, 0.25) is 0 Å². The zero-order valence-electron chi connectivity index (χ0n) is 17.1. The van der Waals surface area contributed by atoms with Crippen molar-refractivity contribution in [1.82, 2.24) is 4.90 Å². The third-order valence-corrected chi connectivity index (χ3v) is 5.59. The molecule has 0 aliphatic carbocycles. The van der Waals surface area contributed by atoms with Gasteiger partial charge in [-0.2, -0.15) is 0 Å². The number of benzene rings is 2. The Balaban J connectivity index is 1.39. The van der Waals surface area contributed by atoms with Crippen LogP contribution in [0.3, 0.4) is 0 Å². The second-order valence-corrected chi connectivity index (χ2v) is 7.84. The van der Waals surface area contributed by atoms with E-state index >= 15 is 0 Å². The van der Waals surface area contributed by atoms with Crippen LogP contribution in [0.1, 0.15) is 25.5 Å². The van der Waals surface area contributed by atoms with Gasteiger partial charge in [0.15, 0.2) is 0 Å². The monoisotopic (exact) mass is 395 g/mol. The normalized spacial score (nSPS) is 25.0. The number of rotatable bonds is 3. The summed E-state index contributed by atoms with van der Waals surface area (Å²) in [6.45, 7) is 7.70. The number of hydrogen-bond acceptors (Lipinski definition) is 4. The predicted octanol–water partition coefficient (Wildman–Crippen LogP) is 3.91. The molecule has 0 aromatic heterocycles. The van der Waals surface area contributed by atoms with Crippen molar-refractivity contribution in [2.45, 2.75) is 32.1 Å². The molecule has 0 saturated carbocycles. The molecule has 2 aromatic carbocycles. The summed E-state index contributed by atoms with van der Waals surface area (Å²) >= 11 is 0. The van der Waals surface area contributed by atoms with Gasteiger partial charge in [0.25, 0.3) is 0 Å². The van der Waals surface area contributed by atoms with Crippen LogP contribution >= 0.6 is 0 Å². The summed E-state index contributed by atoms with van der Waals surface area (Å²) in [6, 6.07) is 18.1. The zero-order chi connectivity index (χ0) is 20.2. The highest BCUT2D eigenvalue weighted by Crippen LogP contribution is 2.26. The van der Waals surface area contributed by atoms with Crippen LogP contribution in [0.4, 0.5) is 16.2 Å². The average Bonchev–Trinajstić information content (AvgIpc) is 2.75. The second-order valence-electron chi connectivity index (χ2n) is 7.84. The predicted molar refractivity (Wildman–Crippen MR) is 114 cm³/mol. The fraction of sp³-hybridized carbons (Fsp3) is 0.435. The van der Waals surface area contributed by atoms with E-state index in [0.29, 0.717) is 13.2 Å². The smallest absolute Gasteiger partial charge is 0.322 e. The summed E-state index contributed by atoms with van der Waals surface area (Å²) in [6.07, 6.45) is 0.146. The van der Waals surface area contributed by atoms with Crippen LogP contribution in [0.5, 0.6) is 0 Å². The topological polar surface area (TPSA) is 54.0 Å². The molecule has 1 N–H and O–H groups in total. The molecular formula is C23H29N3O3. The van der Waals surface area contributed by atoms with Crippen LogP contribution < -0.4 is 10.2 Å². The number of nitrogens with one attached hydrogen (secondary N) is 1. The SMILES string of the molecule is CC1CN(c2ccc(NC(=O)N3C[C@H](c4ccccc4)OC[C@H]3C)cc2)CCO1. The molecule has 1 unspecified atom stereocenters. The molecule has 0 radical (unpaired) electrons. The molecule has 0 bridgehead atoms. The van der Waals surface area contributed by atoms with Crippen molar-refractivity contribution in [3.63, 3.8) is 0 Å². The van der Waals surface area contributed by atoms with Crippen molar-refractivity contribution >= 4 is 17.4 Å². The Morgan fingerprint density at radius 1 is 1.00 bits per heavy atom. The number of amides is 2. The van der Waals surface area contributed by atoms with E-state index in [4.69, 9.17) is 9.47 Å². The third kappa shape index (κ3) is 4.71. The van der Waals surface area contributed by atoms with Gasteiger partial charge in [-0.1, -0.05) is 30.3 Å². The van der Waals surface area contributed by atoms with Crippen LogP contribution in [0, 0.1) is 0 Å². The number of urea groups is 1. The van der Waals surface area contributed by atoms with E-state index in [1.54, 1.807) is 0 Å². The van der Waals surface area contributed by atoms with Crippen molar-refractivity contribution < 1.29 is 14.3 Å². The lowest BCUT2D eigenvalue weighted by Crippen LogP contribution is -2.49. The first-order chi connectivity index (χ1) is 14.1. The Morgan fingerprint density at radius 2 is 1.76 bits per heavy atom. The minimum Gasteiger partial charge on any atom is -0.375 e. The van der Waals surface area contributed by atoms with Gasteiger partial charge in [0.1, 0.15) is 6.10 Å². The maximum atomic E-state index is 12.9. The molecule has 0 spiro atoms. The zero-order valence-corrected chi connectivity index (χ0v) is 17.1. The largest absolute Gasteiger partial charge is 0.375 e. The van der Waals surface area contributed by atoms with E-state index in [1.165, 1.54) is 0 Å². The summed E-state index contributed by atoms with van der Waals surface area (Å²) in [4.78, 5) is 17.1. The molecule has 2 aliphatic rings. The lowest BCUT2D eigenvalue weighted by atomic mass is 10.1. The molecule has 2 fully saturated rings. The van der Waals surface area contributed by atoms with Crippen molar-refractivity contribution in [3.8, 4) is 0 Å². The maximum absolute atomic E-state index is 12.9. The summed E-state index contributed by atoms with van der Waals surface area (Å²) in [7, 11) is 0. The Kier molecular flexibility index (Phi) is 6.02. The van der Waals surface area contributed by atoms with E-state index in [1.807, 2.05) is 54.3 Å². The van der Waals surface area contributed by atoms with Gasteiger partial charge in [-0.15, -0.1) is 0 Å². The molecular weight excluding hydrogens is 366 g/mol. The fourth-order valence-electron chi connectivity index (χ4n) is 3.91. The van der Waals surface area contributed by atoms with Gasteiger partial charge < -0.3 is 24.6 Å². The first kappa shape index (κ1) is 19.7. The molecule has 6 nitrogen and oxygen atoms in total. The standard InChI is InChI=1S/C23H29N3O3/c1-17-16-29-22(19-6-4-3-5-7-19)15-26(17)23(27)24-20-8-10-21(11-9-20)25-12-13-28-18(2)14-25/h3-11,17-18,22H,12-16H2,1-2H3,(H,24,27)/t17-,18?,22-/m1/s1. The number of ether oxygens (including phenoxy) is 2. The van der Waals surface area contributed by atoms with Crippen molar-refractivity contribution in [2.24, 2.45) is 0 Å². The summed E-state index contributed by atoms with van der Waals surface area (Å²) < 4.78 is 11.6. The summed E-state index contributed by atoms with van der Waals surface area (Å²) in [5, 5.41) is 3.04. The Morgan fingerprint density at radius 3 is 2.48 bits per heavy atom. The first-order valence-electron chi connectivity index (χ1n) is 10.3. The highest BCUT2D eigenvalue weighted by atomic mass is 16.5. The van der Waals surface area contributed by atoms with Gasteiger partial charge in [-0.25, -0.2) is 4.79 Å². The molecule has 3 atom stereocenters. The summed E-state index contributed by atoms with van der Waals surface area (Å²) in [5.74, 6) is 0. The lowest BCUT2D eigenvalue weighted by Gasteiger charge is -2.38. The lowest BCUT2D eigenvalue weighted by molar-refractivity contribution is -0.0407. The molecule has 4 rings (SSSR count). The van der Waals surface area contributed by atoms with Gasteiger partial charge in [0, 0.05) is 24.5 Å². The minimum absolute atomic E-state index is 0.0315. The minimum atomic E-state index is -0.0937. The average molecular weight is 396 g/mol. The van der Waals surface area contributed by atoms with E-state index in [9.17, 15) is 4.79 Å². The number of carbonyl (C=O) groups excluding carboxylic acids is 1. The molecule has 2 saturated heterocycles. The van der Waals surface area contributed by atoms with Crippen molar-refractivity contribution in [1.29, 1.82) is 0 Å². The van der Waals surface area contributed by atoms with Crippen molar-refractivity contribution in [2.75, 3.05) is 43.1 Å². The van der Waals surface area contributed by atoms with E-state index < -0.39 is 0 Å². The third-order valence-electron chi connectivity index (χ3n) is 5.59. The molecule has 2 heterocycles. The molecule has 29 heavy (non-hydrogen) atoms. The second kappa shape index (κ2) is 8.84. The molecule has 154 valence electrons. The summed E-state index contributed by atoms with van der Waals surface area (Å²) in [5.41, 5.74) is 3.05. The van der Waals surface area contributed by atoms with Gasteiger partial charge in [0.2, 0.25) is 0 Å². The van der Waals surface area contributed by atoms with E-state index in [0.717, 1.165) is 36.6 Å². The van der Waals surface area contributed by atoms with Gasteiger partial charge >= 0.3 is 6.03 Å². The maximum Gasteiger partial charge on any atom is 0.322 e. The van der Waals surface area contributed by atoms with Gasteiger partial charge in [0.05, 0.1) is 31.9 Å². The number of morpholine rings is 2. The van der Waals surface area contributed by atoms with Gasteiger partial charge in [-0.05, 0) is 43.7 Å². The fourth-order valence-corrected chi connectivity index (χ4v) is 3.91. The van der Waals surface area contributed by atoms with Crippen molar-refractivity contribution in [3.05, 3.63) is 60.2 Å². The highest BCUT2D eigenvalue weighted by molar-refractivity contribution is 5.89. The van der Waals surface area contributed by atoms with Crippen LogP contribution in [-0.4, -0.2) is 55.9 Å². The molecule has 2 aliphatic heterocycles. The molecule has 2 amide bonds. The van der Waals surface area contributed by atoms with Crippen LogP contribution in [0.15, 0.2) is 54.6 Å². The number of nitrogens with zero attached hydrogens (tertiary/aromatic N) is 2. The van der Waals surface area contributed by atoms with Gasteiger partial charge in [-0.3, -0.25) is 0 Å². The number of anilines is 2. The van der Waals surface area contributed by atoms with Crippen LogP contribution in [0.25, 0.3) is 0 Å². The number of carbonyl (C=O) groups is 1.